The molecule has 0 spiro atoms. The number of halogens is 3. The van der Waals surface area contributed by atoms with Crippen molar-refractivity contribution in [1.29, 1.82) is 0 Å². The molecule has 1 unspecified atom stereocenters. The van der Waals surface area contributed by atoms with Gasteiger partial charge in [0.2, 0.25) is 10.0 Å². The van der Waals surface area contributed by atoms with E-state index in [2.05, 4.69) is 10.0 Å². The molecule has 1 rings (SSSR count). The van der Waals surface area contributed by atoms with Crippen molar-refractivity contribution >= 4 is 34.0 Å². The first-order valence-electron chi connectivity index (χ1n) is 4.98. The van der Waals surface area contributed by atoms with Crippen molar-refractivity contribution in [2.45, 2.75) is 17.9 Å². The highest BCUT2D eigenvalue weighted by Crippen LogP contribution is 2.17. The number of likely N-dealkylation sites (N-methyl/N-ethyl adjacent to an activating group) is 1. The molecule has 104 valence electrons. The minimum atomic E-state index is -3.72. The van der Waals surface area contributed by atoms with Gasteiger partial charge in [-0.15, -0.1) is 12.4 Å². The zero-order valence-electron chi connectivity index (χ0n) is 9.91. The van der Waals surface area contributed by atoms with Crippen molar-refractivity contribution in [3.05, 3.63) is 29.0 Å². The van der Waals surface area contributed by atoms with E-state index in [1.165, 1.54) is 6.07 Å². The van der Waals surface area contributed by atoms with Crippen LogP contribution in [0.2, 0.25) is 5.02 Å². The Morgan fingerprint density at radius 2 is 2.00 bits per heavy atom. The molecule has 0 aliphatic carbocycles. The van der Waals surface area contributed by atoms with Crippen molar-refractivity contribution in [2.24, 2.45) is 0 Å². The van der Waals surface area contributed by atoms with E-state index >= 15 is 0 Å². The summed E-state index contributed by atoms with van der Waals surface area (Å²) < 4.78 is 39.0. The summed E-state index contributed by atoms with van der Waals surface area (Å²) in [7, 11) is -2.00. The van der Waals surface area contributed by atoms with Gasteiger partial charge in [0.25, 0.3) is 0 Å². The third kappa shape index (κ3) is 5.07. The normalized spacial score (nSPS) is 12.9. The van der Waals surface area contributed by atoms with E-state index in [1.807, 2.05) is 6.92 Å². The maximum absolute atomic E-state index is 13.0. The van der Waals surface area contributed by atoms with Gasteiger partial charge >= 0.3 is 0 Å². The molecular weight excluding hydrogens is 302 g/mol. The highest BCUT2D eigenvalue weighted by atomic mass is 35.5. The Kier molecular flexibility index (Phi) is 7.09. The summed E-state index contributed by atoms with van der Waals surface area (Å²) in [4.78, 5) is -0.175. The molecule has 0 aromatic heterocycles. The smallest absolute Gasteiger partial charge is 0.240 e. The lowest BCUT2D eigenvalue weighted by Gasteiger charge is -2.12. The quantitative estimate of drug-likeness (QED) is 0.870. The Morgan fingerprint density at radius 1 is 1.39 bits per heavy atom. The van der Waals surface area contributed by atoms with Gasteiger partial charge in [-0.05, 0) is 32.2 Å². The number of rotatable bonds is 5. The summed E-state index contributed by atoms with van der Waals surface area (Å²) >= 11 is 5.60. The predicted molar refractivity (Wildman–Crippen MR) is 72.4 cm³/mol. The molecule has 0 amide bonds. The molecule has 0 aliphatic heterocycles. The predicted octanol–water partition coefficient (Wildman–Crippen LogP) is 1.79. The van der Waals surface area contributed by atoms with Gasteiger partial charge in [0.1, 0.15) is 5.82 Å². The van der Waals surface area contributed by atoms with E-state index in [-0.39, 0.29) is 34.9 Å². The molecule has 1 aromatic rings. The molecule has 0 saturated carbocycles. The average Bonchev–Trinajstić information content (AvgIpc) is 2.24. The summed E-state index contributed by atoms with van der Waals surface area (Å²) in [6.07, 6.45) is 0. The van der Waals surface area contributed by atoms with Crippen molar-refractivity contribution in [3.8, 4) is 0 Å². The van der Waals surface area contributed by atoms with E-state index in [0.717, 1.165) is 12.1 Å². The van der Waals surface area contributed by atoms with Crippen molar-refractivity contribution in [1.82, 2.24) is 10.0 Å². The van der Waals surface area contributed by atoms with Crippen LogP contribution in [-0.4, -0.2) is 28.1 Å². The zero-order valence-corrected chi connectivity index (χ0v) is 12.3. The number of hydrogen-bond donors (Lipinski definition) is 2. The highest BCUT2D eigenvalue weighted by molar-refractivity contribution is 7.89. The summed E-state index contributed by atoms with van der Waals surface area (Å²) in [6.45, 7) is 2.04. The molecule has 0 radical (unpaired) electrons. The lowest BCUT2D eigenvalue weighted by Crippen LogP contribution is -2.37. The Morgan fingerprint density at radius 3 is 2.50 bits per heavy atom. The summed E-state index contributed by atoms with van der Waals surface area (Å²) in [5, 5.41) is 2.93. The van der Waals surface area contributed by atoms with Gasteiger partial charge in [0, 0.05) is 17.6 Å². The van der Waals surface area contributed by atoms with Gasteiger partial charge in [0.05, 0.1) is 4.90 Å². The van der Waals surface area contributed by atoms with Crippen molar-refractivity contribution in [2.75, 3.05) is 13.6 Å². The van der Waals surface area contributed by atoms with E-state index in [9.17, 15) is 12.8 Å². The van der Waals surface area contributed by atoms with Gasteiger partial charge in [-0.2, -0.15) is 0 Å². The summed E-state index contributed by atoms with van der Waals surface area (Å²) in [5.41, 5.74) is 0. The van der Waals surface area contributed by atoms with E-state index in [4.69, 9.17) is 11.6 Å². The molecule has 4 nitrogen and oxygen atoms in total. The molecule has 0 aliphatic rings. The third-order valence-corrected chi connectivity index (χ3v) is 3.84. The van der Waals surface area contributed by atoms with Crippen LogP contribution in [0.5, 0.6) is 0 Å². The Labute approximate surface area is 117 Å². The molecule has 8 heteroatoms. The number of benzene rings is 1. The van der Waals surface area contributed by atoms with Gasteiger partial charge in [-0.25, -0.2) is 17.5 Å². The Hall–Kier alpha value is -0.400. The molecule has 0 saturated heterocycles. The van der Waals surface area contributed by atoms with Crippen LogP contribution in [0.3, 0.4) is 0 Å². The van der Waals surface area contributed by atoms with Crippen LogP contribution in [0.1, 0.15) is 6.92 Å². The lowest BCUT2D eigenvalue weighted by molar-refractivity contribution is 0.552. The van der Waals surface area contributed by atoms with Crippen LogP contribution in [0.25, 0.3) is 0 Å². The van der Waals surface area contributed by atoms with Crippen LogP contribution in [-0.2, 0) is 10.0 Å². The number of hydrogen-bond acceptors (Lipinski definition) is 3. The number of sulfonamides is 1. The monoisotopic (exact) mass is 316 g/mol. The van der Waals surface area contributed by atoms with Crippen LogP contribution in [0.15, 0.2) is 23.1 Å². The molecule has 18 heavy (non-hydrogen) atoms. The lowest BCUT2D eigenvalue weighted by atomic mass is 10.3. The first-order valence-corrected chi connectivity index (χ1v) is 6.84. The maximum atomic E-state index is 13.0. The maximum Gasteiger partial charge on any atom is 0.240 e. The van der Waals surface area contributed by atoms with Gasteiger partial charge in [-0.3, -0.25) is 0 Å². The fraction of sp³-hybridized carbons (Fsp3) is 0.400. The van der Waals surface area contributed by atoms with Gasteiger partial charge < -0.3 is 5.32 Å². The van der Waals surface area contributed by atoms with Gasteiger partial charge in [0.15, 0.2) is 0 Å². The summed E-state index contributed by atoms with van der Waals surface area (Å²) in [6, 6.07) is 3.17. The topological polar surface area (TPSA) is 58.2 Å². The standard InChI is InChI=1S/C10H14ClFN2O2S.ClH/c1-7(13-2)6-14-17(15,16)10-4-8(11)3-9(12)5-10;/h3-5,7,13-14H,6H2,1-2H3;1H. The first-order chi connectivity index (χ1) is 7.85. The Bertz CT molecular complexity index is 476. The van der Waals surface area contributed by atoms with Crippen LogP contribution in [0.4, 0.5) is 4.39 Å². The molecule has 0 bridgehead atoms. The third-order valence-electron chi connectivity index (χ3n) is 2.22. The fourth-order valence-corrected chi connectivity index (χ4v) is 2.58. The van der Waals surface area contributed by atoms with Crippen LogP contribution in [0, 0.1) is 5.82 Å². The van der Waals surface area contributed by atoms with Crippen LogP contribution < -0.4 is 10.0 Å². The number of nitrogens with one attached hydrogen (secondary N) is 2. The minimum Gasteiger partial charge on any atom is -0.316 e. The fourth-order valence-electron chi connectivity index (χ4n) is 1.10. The Balaban J connectivity index is 0.00000289. The van der Waals surface area contributed by atoms with Crippen molar-refractivity contribution < 1.29 is 12.8 Å². The minimum absolute atomic E-state index is 0. The molecule has 2 N–H and O–H groups in total. The van der Waals surface area contributed by atoms with Gasteiger partial charge in [-0.1, -0.05) is 11.6 Å². The SMILES string of the molecule is CNC(C)CNS(=O)(=O)c1cc(F)cc(Cl)c1.Cl. The average molecular weight is 317 g/mol. The highest BCUT2D eigenvalue weighted by Gasteiger charge is 2.16. The molecule has 0 heterocycles. The summed E-state index contributed by atoms with van der Waals surface area (Å²) in [5.74, 6) is -0.681. The van der Waals surface area contributed by atoms with E-state index in [0.29, 0.717) is 0 Å². The van der Waals surface area contributed by atoms with Crippen LogP contribution >= 0.6 is 24.0 Å². The van der Waals surface area contributed by atoms with Crippen molar-refractivity contribution in [3.63, 3.8) is 0 Å². The van der Waals surface area contributed by atoms with E-state index in [1.54, 1.807) is 7.05 Å². The molecule has 0 fully saturated rings. The first kappa shape index (κ1) is 17.6. The second-order valence-electron chi connectivity index (χ2n) is 3.65. The molecular formula is C10H15Cl2FN2O2S. The molecule has 1 aromatic carbocycles. The zero-order chi connectivity index (χ0) is 13.1. The largest absolute Gasteiger partial charge is 0.316 e. The van der Waals surface area contributed by atoms with E-state index < -0.39 is 15.8 Å². The molecule has 1 atom stereocenters. The second-order valence-corrected chi connectivity index (χ2v) is 5.85. The second kappa shape index (κ2) is 7.25.